The molecule has 0 saturated heterocycles. The molecule has 28 heavy (non-hydrogen) atoms. The fraction of sp³-hybridized carbons (Fsp3) is 0.217. The zero-order valence-corrected chi connectivity index (χ0v) is 17.7. The molecule has 2 aromatic carbocycles. The number of likely N-dealkylation sites (N-methyl/N-ethyl adjacent to an activating group) is 1. The van der Waals surface area contributed by atoms with E-state index in [4.69, 9.17) is 4.52 Å². The third kappa shape index (κ3) is 8.10. The molecular formula is C23H28NO3P. The summed E-state index contributed by atoms with van der Waals surface area (Å²) in [6.45, 7) is 1.09. The molecule has 0 spiro atoms. The quantitative estimate of drug-likeness (QED) is 0.341. The summed E-state index contributed by atoms with van der Waals surface area (Å²) in [4.78, 5) is 25.4. The molecule has 0 aliphatic carbocycles. The number of hydrogen-bond donors (Lipinski definition) is 0. The zero-order chi connectivity index (χ0) is 20.4. The molecule has 2 rings (SSSR count). The van der Waals surface area contributed by atoms with Gasteiger partial charge < -0.3 is 0 Å². The molecule has 0 amide bonds. The monoisotopic (exact) mass is 397 g/mol. The second kappa shape index (κ2) is 10.8. The number of hydrogen-bond acceptors (Lipinski definition) is 3. The Labute approximate surface area is 168 Å². The van der Waals surface area contributed by atoms with E-state index >= 15 is 0 Å². The van der Waals surface area contributed by atoms with Crippen molar-refractivity contribution >= 4 is 31.3 Å². The minimum absolute atomic E-state index is 0.252. The Morgan fingerprint density at radius 2 is 1.25 bits per heavy atom. The molecule has 0 aliphatic heterocycles. The number of carbonyl (C=O) groups excluding carboxylic acids is 2. The molecule has 0 bridgehead atoms. The van der Waals surface area contributed by atoms with Crippen LogP contribution in [0.5, 0.6) is 0 Å². The van der Waals surface area contributed by atoms with Gasteiger partial charge in [0.05, 0.1) is 0 Å². The second-order valence-electron chi connectivity index (χ2n) is 7.41. The zero-order valence-electron chi connectivity index (χ0n) is 16.7. The van der Waals surface area contributed by atoms with Crippen LogP contribution in [0.2, 0.25) is 0 Å². The van der Waals surface area contributed by atoms with Crippen molar-refractivity contribution in [3.8, 4) is 0 Å². The van der Waals surface area contributed by atoms with Gasteiger partial charge in [-0.2, -0.15) is 0 Å². The predicted octanol–water partition coefficient (Wildman–Crippen LogP) is 4.32. The second-order valence-corrected chi connectivity index (χ2v) is 9.34. The first-order chi connectivity index (χ1) is 13.3. The molecule has 2 aromatic rings. The average molecular weight is 397 g/mol. The number of rotatable bonds is 10. The number of carbonyl (C=O) groups is 2. The fourth-order valence-electron chi connectivity index (χ4n) is 2.31. The third-order valence-corrected chi connectivity index (χ3v) is 5.63. The minimum atomic E-state index is -2.32. The summed E-state index contributed by atoms with van der Waals surface area (Å²) in [6, 6.07) is 19.1. The number of allylic oxidation sites excluding steroid dienone is 2. The van der Waals surface area contributed by atoms with Crippen molar-refractivity contribution in [3.63, 3.8) is 0 Å². The SMILES string of the molecule is C[N+](C)(C)CCO[PH-](C(=O)C=Cc1ccccc1)C(=O)C=Cc1ccccc1. The molecule has 0 heterocycles. The number of nitrogens with zero attached hydrogens (tertiary/aromatic N) is 1. The van der Waals surface area contributed by atoms with Crippen molar-refractivity contribution in [3.05, 3.63) is 83.9 Å². The molecule has 5 heteroatoms. The Morgan fingerprint density at radius 1 is 0.821 bits per heavy atom. The van der Waals surface area contributed by atoms with Gasteiger partial charge in [-0.05, 0) is 0 Å². The van der Waals surface area contributed by atoms with Crippen molar-refractivity contribution in [2.24, 2.45) is 0 Å². The molecule has 148 valence electrons. The van der Waals surface area contributed by atoms with Crippen molar-refractivity contribution in [2.75, 3.05) is 34.3 Å². The summed E-state index contributed by atoms with van der Waals surface area (Å²) < 4.78 is 6.51. The van der Waals surface area contributed by atoms with E-state index in [1.165, 1.54) is 12.2 Å². The summed E-state index contributed by atoms with van der Waals surface area (Å²) in [5, 5.41) is 0. The summed E-state index contributed by atoms with van der Waals surface area (Å²) in [5.74, 6) is 0. The molecule has 0 aromatic heterocycles. The first kappa shape index (κ1) is 21.9. The van der Waals surface area contributed by atoms with Crippen molar-refractivity contribution in [2.45, 2.75) is 0 Å². The Hall–Kier alpha value is -2.39. The van der Waals surface area contributed by atoms with Crippen molar-refractivity contribution in [1.29, 1.82) is 0 Å². The average Bonchev–Trinajstić information content (AvgIpc) is 2.68. The van der Waals surface area contributed by atoms with Gasteiger partial charge in [0.1, 0.15) is 0 Å². The Balaban J connectivity index is 2.10. The Kier molecular flexibility index (Phi) is 8.46. The third-order valence-electron chi connectivity index (χ3n) is 3.91. The van der Waals surface area contributed by atoms with Gasteiger partial charge in [0.25, 0.3) is 0 Å². The molecule has 0 saturated carbocycles. The standard InChI is InChI=1S/C23H28NO3P/c1-24(2,3)18-19-27-28(22(25)16-14-20-10-6-4-7-11-20)23(26)17-15-21-12-8-5-9-13-21/h4-17,28H,18-19H2,1-3H3. The predicted molar refractivity (Wildman–Crippen MR) is 118 cm³/mol. The topological polar surface area (TPSA) is 43.4 Å². The van der Waals surface area contributed by atoms with Gasteiger partial charge in [0.15, 0.2) is 0 Å². The van der Waals surface area contributed by atoms with Crippen LogP contribution in [0.25, 0.3) is 12.2 Å². The van der Waals surface area contributed by atoms with Crippen molar-refractivity contribution < 1.29 is 18.6 Å². The van der Waals surface area contributed by atoms with Gasteiger partial charge in [0, 0.05) is 0 Å². The molecular weight excluding hydrogens is 369 g/mol. The van der Waals surface area contributed by atoms with Crippen molar-refractivity contribution in [1.82, 2.24) is 0 Å². The number of quaternary nitrogens is 1. The van der Waals surface area contributed by atoms with Gasteiger partial charge >= 0.3 is 168 Å². The van der Waals surface area contributed by atoms with Gasteiger partial charge in [-0.15, -0.1) is 0 Å². The summed E-state index contributed by atoms with van der Waals surface area (Å²) in [7, 11) is 3.81. The normalized spacial score (nSPS) is 13.8. The van der Waals surface area contributed by atoms with Crippen LogP contribution < -0.4 is 0 Å². The first-order valence-corrected chi connectivity index (χ1v) is 10.6. The van der Waals surface area contributed by atoms with E-state index < -0.39 is 8.15 Å². The molecule has 4 nitrogen and oxygen atoms in total. The maximum absolute atomic E-state index is 12.7. The van der Waals surface area contributed by atoms with Crippen LogP contribution in [0.4, 0.5) is 0 Å². The number of benzene rings is 2. The molecule has 0 aliphatic rings. The summed E-state index contributed by atoms with van der Waals surface area (Å²) >= 11 is 0. The van der Waals surface area contributed by atoms with Crippen LogP contribution in [0, 0.1) is 0 Å². The Morgan fingerprint density at radius 3 is 1.64 bits per heavy atom. The Bertz CT molecular complexity index is 762. The molecule has 0 N–H and O–H groups in total. The first-order valence-electron chi connectivity index (χ1n) is 9.20. The van der Waals surface area contributed by atoms with Crippen LogP contribution in [-0.4, -0.2) is 49.8 Å². The van der Waals surface area contributed by atoms with E-state index in [1.54, 1.807) is 12.2 Å². The van der Waals surface area contributed by atoms with E-state index in [1.807, 2.05) is 81.8 Å². The molecule has 0 unspecified atom stereocenters. The fourth-order valence-corrected chi connectivity index (χ4v) is 3.60. The van der Waals surface area contributed by atoms with Crippen LogP contribution in [0.3, 0.4) is 0 Å². The molecule has 0 radical (unpaired) electrons. The van der Waals surface area contributed by atoms with E-state index in [0.717, 1.165) is 17.7 Å². The van der Waals surface area contributed by atoms with Gasteiger partial charge in [-0.3, -0.25) is 0 Å². The van der Waals surface area contributed by atoms with E-state index in [-0.39, 0.29) is 11.0 Å². The summed E-state index contributed by atoms with van der Waals surface area (Å²) in [5.41, 5.74) is 1.32. The van der Waals surface area contributed by atoms with E-state index in [0.29, 0.717) is 11.1 Å². The van der Waals surface area contributed by atoms with E-state index in [2.05, 4.69) is 0 Å². The van der Waals surface area contributed by atoms with Gasteiger partial charge in [-0.25, -0.2) is 0 Å². The van der Waals surface area contributed by atoms with E-state index in [9.17, 15) is 9.59 Å². The van der Waals surface area contributed by atoms with Gasteiger partial charge in [-0.1, -0.05) is 0 Å². The van der Waals surface area contributed by atoms with Crippen LogP contribution >= 0.6 is 8.15 Å². The molecule has 0 fully saturated rings. The summed E-state index contributed by atoms with van der Waals surface area (Å²) in [6.07, 6.45) is 6.38. The maximum atomic E-state index is 12.7. The van der Waals surface area contributed by atoms with Gasteiger partial charge in [0.2, 0.25) is 0 Å². The van der Waals surface area contributed by atoms with Crippen LogP contribution in [0.1, 0.15) is 11.1 Å². The molecule has 0 atom stereocenters. The van der Waals surface area contributed by atoms with Crippen LogP contribution in [-0.2, 0) is 14.1 Å². The van der Waals surface area contributed by atoms with Crippen LogP contribution in [0.15, 0.2) is 72.8 Å².